The molecule has 0 aliphatic rings. The van der Waals surface area contributed by atoms with Crippen LogP contribution in [0.4, 0.5) is 18.9 Å². The van der Waals surface area contributed by atoms with E-state index < -0.39 is 18.0 Å². The summed E-state index contributed by atoms with van der Waals surface area (Å²) in [7, 11) is 0. The minimum Gasteiger partial charge on any atom is -0.406 e. The summed E-state index contributed by atoms with van der Waals surface area (Å²) in [5.41, 5.74) is 8.53. The number of carbonyl (C=O) groups is 1. The van der Waals surface area contributed by atoms with Gasteiger partial charge in [0.15, 0.2) is 0 Å². The first-order valence-electron chi connectivity index (χ1n) is 7.23. The van der Waals surface area contributed by atoms with Crippen molar-refractivity contribution in [2.24, 2.45) is 0 Å². The van der Waals surface area contributed by atoms with E-state index in [9.17, 15) is 18.0 Å². The van der Waals surface area contributed by atoms with E-state index in [-0.39, 0.29) is 12.1 Å². The van der Waals surface area contributed by atoms with Gasteiger partial charge in [-0.05, 0) is 48.4 Å². The van der Waals surface area contributed by atoms with Crippen LogP contribution in [0.25, 0.3) is 0 Å². The first-order valence-corrected chi connectivity index (χ1v) is 7.23. The Morgan fingerprint density at radius 3 is 2.44 bits per heavy atom. The molecule has 0 aliphatic heterocycles. The highest BCUT2D eigenvalue weighted by Crippen LogP contribution is 2.23. The second kappa shape index (κ2) is 7.25. The molecule has 0 saturated heterocycles. The molecule has 4 N–H and O–H groups in total. The molecule has 2 rings (SSSR count). The van der Waals surface area contributed by atoms with Crippen LogP contribution >= 0.6 is 0 Å². The van der Waals surface area contributed by atoms with Crippen LogP contribution in [0.1, 0.15) is 27.0 Å². The molecule has 0 aromatic heterocycles. The molecule has 0 heterocycles. The maximum atomic E-state index is 12.1. The smallest absolute Gasteiger partial charge is 0.406 e. The fourth-order valence-corrected chi connectivity index (χ4v) is 2.28. The van der Waals surface area contributed by atoms with Crippen molar-refractivity contribution in [2.75, 3.05) is 5.73 Å². The lowest BCUT2D eigenvalue weighted by Crippen LogP contribution is -2.24. The highest BCUT2D eigenvalue weighted by molar-refractivity contribution is 5.94. The molecule has 5 nitrogen and oxygen atoms in total. The zero-order valence-corrected chi connectivity index (χ0v) is 13.3. The summed E-state index contributed by atoms with van der Waals surface area (Å²) < 4.78 is 40.1. The second-order valence-corrected chi connectivity index (χ2v) is 5.26. The summed E-state index contributed by atoms with van der Waals surface area (Å²) in [5.74, 6) is -0.863. The summed E-state index contributed by atoms with van der Waals surface area (Å²) in [6, 6.07) is 8.07. The molecule has 0 fully saturated rings. The fraction of sp³-hybridized carbons (Fsp3) is 0.176. The molecule has 2 aromatic carbocycles. The minimum absolute atomic E-state index is 0.140. The molecule has 1 amide bonds. The Bertz CT molecular complexity index is 787. The molecule has 0 saturated carbocycles. The van der Waals surface area contributed by atoms with Gasteiger partial charge in [0.1, 0.15) is 5.75 Å². The lowest BCUT2D eigenvalue weighted by atomic mass is 10.0. The number of ether oxygens (including phenoxy) is 1. The van der Waals surface area contributed by atoms with Crippen LogP contribution in [0.5, 0.6) is 5.75 Å². The largest absolute Gasteiger partial charge is 0.573 e. The van der Waals surface area contributed by atoms with Gasteiger partial charge in [-0.25, -0.2) is 0 Å². The van der Waals surface area contributed by atoms with Crippen molar-refractivity contribution in [3.8, 4) is 5.75 Å². The third-order valence-corrected chi connectivity index (χ3v) is 3.55. The van der Waals surface area contributed by atoms with Gasteiger partial charge >= 0.3 is 6.36 Å². The number of aryl methyl sites for hydroxylation is 1. The van der Waals surface area contributed by atoms with E-state index in [4.69, 9.17) is 11.1 Å². The summed E-state index contributed by atoms with van der Waals surface area (Å²) in [5, 5.41) is 10.1. The standard InChI is InChI=1S/C17H16F3N3O2/c1-10-2-7-15(22)13(8-21)14(10)9-23-16(24)11-3-5-12(6-4-11)25-17(18,19)20/h2-8,21H,9,22H2,1H3,(H,23,24). The molecular formula is C17H16F3N3O2. The average Bonchev–Trinajstić information content (AvgIpc) is 2.54. The van der Waals surface area contributed by atoms with E-state index in [2.05, 4.69) is 10.1 Å². The van der Waals surface area contributed by atoms with Gasteiger partial charge in [-0.1, -0.05) is 6.07 Å². The van der Waals surface area contributed by atoms with Gasteiger partial charge in [0.2, 0.25) is 0 Å². The first-order chi connectivity index (χ1) is 11.7. The van der Waals surface area contributed by atoms with E-state index in [0.717, 1.165) is 23.9 Å². The van der Waals surface area contributed by atoms with Gasteiger partial charge in [-0.2, -0.15) is 0 Å². The molecule has 132 valence electrons. The van der Waals surface area contributed by atoms with Crippen molar-refractivity contribution < 1.29 is 22.7 Å². The minimum atomic E-state index is -4.78. The Morgan fingerprint density at radius 1 is 1.24 bits per heavy atom. The quantitative estimate of drug-likeness (QED) is 0.570. The van der Waals surface area contributed by atoms with E-state index >= 15 is 0 Å². The van der Waals surface area contributed by atoms with Crippen LogP contribution in [0.3, 0.4) is 0 Å². The molecule has 0 spiro atoms. The number of rotatable bonds is 5. The predicted molar refractivity (Wildman–Crippen MR) is 87.8 cm³/mol. The molecular weight excluding hydrogens is 335 g/mol. The number of nitrogens with one attached hydrogen (secondary N) is 2. The van der Waals surface area contributed by atoms with Crippen LogP contribution in [0.2, 0.25) is 0 Å². The number of hydrogen-bond donors (Lipinski definition) is 3. The summed E-state index contributed by atoms with van der Waals surface area (Å²) in [6.07, 6.45) is -3.66. The van der Waals surface area contributed by atoms with Gasteiger partial charge in [-0.15, -0.1) is 13.2 Å². The molecule has 0 radical (unpaired) electrons. The molecule has 0 atom stereocenters. The zero-order chi connectivity index (χ0) is 18.6. The fourth-order valence-electron chi connectivity index (χ4n) is 2.28. The molecule has 2 aromatic rings. The summed E-state index contributed by atoms with van der Waals surface area (Å²) >= 11 is 0. The monoisotopic (exact) mass is 351 g/mol. The number of anilines is 1. The van der Waals surface area contributed by atoms with Crippen molar-refractivity contribution >= 4 is 17.8 Å². The lowest BCUT2D eigenvalue weighted by molar-refractivity contribution is -0.274. The van der Waals surface area contributed by atoms with E-state index in [0.29, 0.717) is 16.8 Å². The normalized spacial score (nSPS) is 11.0. The average molecular weight is 351 g/mol. The van der Waals surface area contributed by atoms with Crippen molar-refractivity contribution in [2.45, 2.75) is 19.8 Å². The SMILES string of the molecule is Cc1ccc(N)c(C=N)c1CNC(=O)c1ccc(OC(F)(F)F)cc1. The highest BCUT2D eigenvalue weighted by atomic mass is 19.4. The number of nitrogens with two attached hydrogens (primary N) is 1. The molecule has 25 heavy (non-hydrogen) atoms. The summed E-state index contributed by atoms with van der Waals surface area (Å²) in [6.45, 7) is 1.97. The van der Waals surface area contributed by atoms with E-state index in [1.165, 1.54) is 12.1 Å². The topological polar surface area (TPSA) is 88.2 Å². The van der Waals surface area contributed by atoms with Crippen LogP contribution in [0.15, 0.2) is 36.4 Å². The molecule has 0 bridgehead atoms. The molecule has 8 heteroatoms. The number of amides is 1. The van der Waals surface area contributed by atoms with Crippen LogP contribution in [-0.2, 0) is 6.54 Å². The maximum Gasteiger partial charge on any atom is 0.573 e. The number of alkyl halides is 3. The maximum absolute atomic E-state index is 12.1. The molecule has 0 aliphatic carbocycles. The van der Waals surface area contributed by atoms with Gasteiger partial charge in [0, 0.05) is 29.6 Å². The van der Waals surface area contributed by atoms with Gasteiger partial charge in [0.05, 0.1) is 0 Å². The van der Waals surface area contributed by atoms with Gasteiger partial charge in [-0.3, -0.25) is 4.79 Å². The number of halogens is 3. The lowest BCUT2D eigenvalue weighted by Gasteiger charge is -2.13. The number of hydrogen-bond acceptors (Lipinski definition) is 4. The Labute approximate surface area is 142 Å². The van der Waals surface area contributed by atoms with Crippen molar-refractivity contribution in [1.82, 2.24) is 5.32 Å². The van der Waals surface area contributed by atoms with Crippen LogP contribution < -0.4 is 15.8 Å². The number of carbonyl (C=O) groups excluding carboxylic acids is 1. The zero-order valence-electron chi connectivity index (χ0n) is 13.3. The number of nitrogen functional groups attached to an aromatic ring is 1. The first kappa shape index (κ1) is 18.3. The third kappa shape index (κ3) is 4.72. The van der Waals surface area contributed by atoms with Crippen LogP contribution in [0, 0.1) is 12.3 Å². The Hall–Kier alpha value is -3.03. The van der Waals surface area contributed by atoms with Gasteiger partial charge in [0.25, 0.3) is 5.91 Å². The van der Waals surface area contributed by atoms with Crippen molar-refractivity contribution in [3.63, 3.8) is 0 Å². The summed E-state index contributed by atoms with van der Waals surface area (Å²) in [4.78, 5) is 12.1. The van der Waals surface area contributed by atoms with Crippen molar-refractivity contribution in [1.29, 1.82) is 5.41 Å². The van der Waals surface area contributed by atoms with E-state index in [1.807, 2.05) is 6.92 Å². The highest BCUT2D eigenvalue weighted by Gasteiger charge is 2.31. The Kier molecular flexibility index (Phi) is 5.31. The van der Waals surface area contributed by atoms with Crippen molar-refractivity contribution in [3.05, 3.63) is 58.7 Å². The van der Waals surface area contributed by atoms with Crippen LogP contribution in [-0.4, -0.2) is 18.5 Å². The Morgan fingerprint density at radius 2 is 1.88 bits per heavy atom. The van der Waals surface area contributed by atoms with E-state index in [1.54, 1.807) is 12.1 Å². The Balaban J connectivity index is 2.09. The predicted octanol–water partition coefficient (Wildman–Crippen LogP) is 3.40. The van der Waals surface area contributed by atoms with Gasteiger partial charge < -0.3 is 21.2 Å². The molecule has 0 unspecified atom stereocenters. The number of benzene rings is 2. The third-order valence-electron chi connectivity index (χ3n) is 3.55. The second-order valence-electron chi connectivity index (χ2n) is 5.26.